The zero-order valence-electron chi connectivity index (χ0n) is 20.0. The first-order chi connectivity index (χ1) is 17.4. The van der Waals surface area contributed by atoms with Gasteiger partial charge in [-0.25, -0.2) is 4.90 Å². The molecule has 0 saturated carbocycles. The smallest absolute Gasteiger partial charge is 0.365 e. The van der Waals surface area contributed by atoms with Gasteiger partial charge >= 0.3 is 6.18 Å². The fourth-order valence-electron chi connectivity index (χ4n) is 5.94. The molecule has 0 spiro atoms. The highest BCUT2D eigenvalue weighted by Gasteiger charge is 2.76. The van der Waals surface area contributed by atoms with Crippen LogP contribution in [0.25, 0.3) is 0 Å². The molecule has 3 unspecified atom stereocenters. The topological polar surface area (TPSA) is 112 Å². The average molecular weight is 515 g/mol. The van der Waals surface area contributed by atoms with Crippen LogP contribution in [0.1, 0.15) is 37.0 Å². The van der Waals surface area contributed by atoms with Crippen molar-refractivity contribution in [2.24, 2.45) is 11.8 Å². The Kier molecular flexibility index (Phi) is 5.91. The molecular weight excluding hydrogens is 491 g/mol. The van der Waals surface area contributed by atoms with E-state index >= 15 is 0 Å². The minimum absolute atomic E-state index is 0.197. The number of carbonyl (C=O) groups is 2. The fourth-order valence-corrected chi connectivity index (χ4v) is 5.94. The molecule has 2 aromatic carbocycles. The van der Waals surface area contributed by atoms with Crippen molar-refractivity contribution in [3.8, 4) is 6.07 Å². The number of anilines is 1. The minimum Gasteiger partial charge on any atom is -0.365 e. The molecule has 2 N–H and O–H groups in total. The number of alkyl halides is 3. The normalized spacial score (nSPS) is 31.5. The van der Waals surface area contributed by atoms with Crippen molar-refractivity contribution in [1.29, 1.82) is 5.26 Å². The number of halogens is 3. The molecule has 3 saturated heterocycles. The van der Waals surface area contributed by atoms with Crippen LogP contribution in [-0.4, -0.2) is 40.6 Å². The summed E-state index contributed by atoms with van der Waals surface area (Å²) in [4.78, 5) is 27.7. The number of aliphatic hydroxyl groups is 1. The Morgan fingerprint density at radius 2 is 1.86 bits per heavy atom. The first-order valence-corrected chi connectivity index (χ1v) is 11.7. The molecule has 5 rings (SSSR count). The van der Waals surface area contributed by atoms with E-state index in [9.17, 15) is 27.9 Å². The highest BCUT2D eigenvalue weighted by molar-refractivity contribution is 6.23. The van der Waals surface area contributed by atoms with Gasteiger partial charge in [0.05, 0.1) is 46.4 Å². The lowest BCUT2D eigenvalue weighted by Gasteiger charge is -2.36. The second kappa shape index (κ2) is 8.63. The van der Waals surface area contributed by atoms with Crippen molar-refractivity contribution in [1.82, 2.24) is 5.32 Å². The second-order valence-electron chi connectivity index (χ2n) is 9.95. The number of hydrogen-bond acceptors (Lipinski definition) is 7. The Balaban J connectivity index is 1.39. The maximum Gasteiger partial charge on any atom is 0.417 e. The van der Waals surface area contributed by atoms with Crippen molar-refractivity contribution < 1.29 is 37.3 Å². The SMILES string of the molecule is CC12C[C@@H](OC(O)NCc3ccccc3)C(C)(O1)[C@@H]1C(=O)N(c3ccc(C#N)c(C(F)(F)F)c3)C(=O)[C@@H]12. The fraction of sp³-hybridized carbons (Fsp3) is 0.423. The molecule has 8 nitrogen and oxygen atoms in total. The van der Waals surface area contributed by atoms with Gasteiger partial charge in [0.1, 0.15) is 5.60 Å². The largest absolute Gasteiger partial charge is 0.417 e. The van der Waals surface area contributed by atoms with E-state index in [-0.39, 0.29) is 12.1 Å². The summed E-state index contributed by atoms with van der Waals surface area (Å²) in [6, 6.07) is 13.6. The molecule has 3 aliphatic rings. The Morgan fingerprint density at radius 3 is 2.51 bits per heavy atom. The van der Waals surface area contributed by atoms with Crippen LogP contribution in [0, 0.1) is 23.2 Å². The van der Waals surface area contributed by atoms with E-state index in [1.165, 1.54) is 6.07 Å². The molecule has 0 aliphatic carbocycles. The first kappa shape index (κ1) is 25.4. The summed E-state index contributed by atoms with van der Waals surface area (Å²) in [5.41, 5.74) is -3.59. The summed E-state index contributed by atoms with van der Waals surface area (Å²) < 4.78 is 52.6. The lowest BCUT2D eigenvalue weighted by molar-refractivity contribution is -0.194. The van der Waals surface area contributed by atoms with Crippen LogP contribution >= 0.6 is 0 Å². The van der Waals surface area contributed by atoms with E-state index in [0.717, 1.165) is 22.6 Å². The van der Waals surface area contributed by atoms with Gasteiger partial charge in [0.25, 0.3) is 0 Å². The van der Waals surface area contributed by atoms with E-state index in [1.54, 1.807) is 13.8 Å². The Bertz CT molecular complexity index is 1300. The van der Waals surface area contributed by atoms with E-state index in [0.29, 0.717) is 12.6 Å². The number of nitrogens with zero attached hydrogens (tertiary/aromatic N) is 2. The van der Waals surface area contributed by atoms with Crippen molar-refractivity contribution in [3.05, 3.63) is 65.2 Å². The van der Waals surface area contributed by atoms with Gasteiger partial charge in [-0.3, -0.25) is 14.9 Å². The van der Waals surface area contributed by atoms with Crippen LogP contribution in [-0.2, 0) is 31.8 Å². The third-order valence-corrected chi connectivity index (χ3v) is 7.57. The third kappa shape index (κ3) is 4.01. The van der Waals surface area contributed by atoms with Crippen molar-refractivity contribution in [2.45, 2.75) is 56.7 Å². The summed E-state index contributed by atoms with van der Waals surface area (Å²) in [5.74, 6) is -3.32. The molecule has 3 aliphatic heterocycles. The second-order valence-corrected chi connectivity index (χ2v) is 9.95. The zero-order valence-corrected chi connectivity index (χ0v) is 20.0. The van der Waals surface area contributed by atoms with E-state index < -0.39 is 64.7 Å². The number of aliphatic hydroxyl groups excluding tert-OH is 1. The lowest BCUT2D eigenvalue weighted by Crippen LogP contribution is -2.52. The predicted octanol–water partition coefficient (Wildman–Crippen LogP) is 3.08. The molecule has 2 aromatic rings. The first-order valence-electron chi connectivity index (χ1n) is 11.7. The maximum atomic E-state index is 13.5. The summed E-state index contributed by atoms with van der Waals surface area (Å²) in [6.45, 7) is 3.60. The molecule has 0 aromatic heterocycles. The molecular formula is C26H24F3N3O5. The van der Waals surface area contributed by atoms with Crippen LogP contribution in [0.15, 0.2) is 48.5 Å². The van der Waals surface area contributed by atoms with Gasteiger partial charge in [-0.05, 0) is 37.6 Å². The number of amides is 2. The number of fused-ring (bicyclic) bond motifs is 5. The monoisotopic (exact) mass is 515 g/mol. The van der Waals surface area contributed by atoms with Gasteiger partial charge in [0, 0.05) is 13.0 Å². The Labute approximate surface area is 210 Å². The highest BCUT2D eigenvalue weighted by Crippen LogP contribution is 2.62. The molecule has 0 radical (unpaired) electrons. The van der Waals surface area contributed by atoms with Crippen molar-refractivity contribution >= 4 is 17.5 Å². The van der Waals surface area contributed by atoms with Gasteiger partial charge in [-0.1, -0.05) is 30.3 Å². The predicted molar refractivity (Wildman–Crippen MR) is 122 cm³/mol. The van der Waals surface area contributed by atoms with Crippen LogP contribution in [0.3, 0.4) is 0 Å². The van der Waals surface area contributed by atoms with Crippen LogP contribution in [0.5, 0.6) is 0 Å². The van der Waals surface area contributed by atoms with Gasteiger partial charge in [-0.15, -0.1) is 0 Å². The average Bonchev–Trinajstić information content (AvgIpc) is 3.37. The summed E-state index contributed by atoms with van der Waals surface area (Å²) in [5, 5.41) is 22.4. The zero-order chi connectivity index (χ0) is 26.8. The lowest BCUT2D eigenvalue weighted by atomic mass is 9.67. The number of benzene rings is 2. The van der Waals surface area contributed by atoms with Crippen LogP contribution in [0.2, 0.25) is 0 Å². The quantitative estimate of drug-likeness (QED) is 0.449. The van der Waals surface area contributed by atoms with Gasteiger partial charge in [0.2, 0.25) is 18.2 Å². The van der Waals surface area contributed by atoms with E-state index in [1.807, 2.05) is 30.3 Å². The maximum absolute atomic E-state index is 13.5. The number of ether oxygens (including phenoxy) is 2. The molecule has 3 heterocycles. The Hall–Kier alpha value is -3.30. The number of hydrogen-bond donors (Lipinski definition) is 2. The van der Waals surface area contributed by atoms with Gasteiger partial charge in [0.15, 0.2) is 0 Å². The highest BCUT2D eigenvalue weighted by atomic mass is 19.4. The number of imide groups is 1. The molecule has 6 atom stereocenters. The molecule has 2 amide bonds. The number of nitrogens with one attached hydrogen (secondary N) is 1. The Morgan fingerprint density at radius 1 is 1.19 bits per heavy atom. The number of carbonyl (C=O) groups excluding carboxylic acids is 2. The van der Waals surface area contributed by atoms with Gasteiger partial charge in [-0.2, -0.15) is 18.4 Å². The summed E-state index contributed by atoms with van der Waals surface area (Å²) >= 11 is 0. The molecule has 194 valence electrons. The summed E-state index contributed by atoms with van der Waals surface area (Å²) in [6.07, 6.45) is -6.79. The standard InChI is InChI=1S/C26H24F3N3O5/c1-24-11-18(36-23(35)31-13-14-6-4-3-5-7-14)25(2,37-24)20-19(24)21(33)32(22(20)34)16-9-8-15(12-30)17(10-16)26(27,28)29/h3-10,18-20,23,31,35H,11,13H2,1-2H3/t18-,19-,20+,23?,24?,25?/m1/s1. The minimum atomic E-state index is -4.84. The van der Waals surface area contributed by atoms with Crippen LogP contribution < -0.4 is 10.2 Å². The van der Waals surface area contributed by atoms with Crippen molar-refractivity contribution in [2.75, 3.05) is 4.90 Å². The molecule has 2 bridgehead atoms. The number of rotatable bonds is 6. The van der Waals surface area contributed by atoms with E-state index in [2.05, 4.69) is 5.32 Å². The van der Waals surface area contributed by atoms with Gasteiger partial charge < -0.3 is 14.6 Å². The number of nitriles is 1. The third-order valence-electron chi connectivity index (χ3n) is 7.57. The van der Waals surface area contributed by atoms with Crippen LogP contribution in [0.4, 0.5) is 18.9 Å². The molecule has 3 fully saturated rings. The molecule has 11 heteroatoms. The van der Waals surface area contributed by atoms with E-state index in [4.69, 9.17) is 14.7 Å². The summed E-state index contributed by atoms with van der Waals surface area (Å²) in [7, 11) is 0. The van der Waals surface area contributed by atoms with Crippen molar-refractivity contribution in [3.63, 3.8) is 0 Å². The molecule has 37 heavy (non-hydrogen) atoms.